The third-order valence-corrected chi connectivity index (χ3v) is 5.55. The van der Waals surface area contributed by atoms with Crippen LogP contribution in [0.25, 0.3) is 22.4 Å². The average Bonchev–Trinajstić information content (AvgIpc) is 2.92. The summed E-state index contributed by atoms with van der Waals surface area (Å²) in [6.45, 7) is 0. The smallest absolute Gasteiger partial charge is 0.260 e. The van der Waals surface area contributed by atoms with Crippen molar-refractivity contribution in [1.82, 2.24) is 9.97 Å². The van der Waals surface area contributed by atoms with Gasteiger partial charge in [-0.25, -0.2) is 4.98 Å². The molecule has 0 aliphatic heterocycles. The van der Waals surface area contributed by atoms with Crippen molar-refractivity contribution in [2.75, 3.05) is 0 Å². The van der Waals surface area contributed by atoms with Crippen molar-refractivity contribution in [1.29, 1.82) is 0 Å². The van der Waals surface area contributed by atoms with Gasteiger partial charge in [0.2, 0.25) is 0 Å². The molecule has 0 bridgehead atoms. The highest BCUT2D eigenvalue weighted by atomic mass is 35.5. The number of H-pyrrole nitrogens is 1. The Kier molecular flexibility index (Phi) is 3.79. The van der Waals surface area contributed by atoms with Gasteiger partial charge >= 0.3 is 0 Å². The molecule has 5 heteroatoms. The third kappa shape index (κ3) is 2.84. The number of aromatic nitrogens is 2. The minimum atomic E-state index is -0.0276. The number of rotatable bonds is 2. The zero-order valence-corrected chi connectivity index (χ0v) is 14.0. The fourth-order valence-corrected chi connectivity index (χ4v) is 4.51. The molecule has 1 aliphatic carbocycles. The molecule has 0 spiro atoms. The molecule has 0 saturated heterocycles. The van der Waals surface area contributed by atoms with Crippen molar-refractivity contribution >= 4 is 45.3 Å². The molecule has 0 fully saturated rings. The first-order chi connectivity index (χ1) is 11.2. The largest absolute Gasteiger partial charge is 0.306 e. The molecule has 0 radical (unpaired) electrons. The number of nitrogens with one attached hydrogen (secondary N) is 1. The number of hydrogen-bond donors (Lipinski definition) is 1. The minimum absolute atomic E-state index is 0.0276. The Morgan fingerprint density at radius 1 is 1.22 bits per heavy atom. The zero-order chi connectivity index (χ0) is 15.8. The van der Waals surface area contributed by atoms with Gasteiger partial charge in [-0.2, -0.15) is 0 Å². The fourth-order valence-electron chi connectivity index (χ4n) is 3.04. The third-order valence-electron chi connectivity index (χ3n) is 4.13. The maximum Gasteiger partial charge on any atom is 0.260 e. The van der Waals surface area contributed by atoms with Crippen LogP contribution in [0.2, 0.25) is 5.02 Å². The van der Waals surface area contributed by atoms with Crippen molar-refractivity contribution in [2.24, 2.45) is 0 Å². The number of fused-ring (bicyclic) bond motifs is 3. The lowest BCUT2D eigenvalue weighted by atomic mass is 9.97. The molecule has 23 heavy (non-hydrogen) atoms. The van der Waals surface area contributed by atoms with Crippen LogP contribution < -0.4 is 5.56 Å². The van der Waals surface area contributed by atoms with Gasteiger partial charge in [0.15, 0.2) is 0 Å². The highest BCUT2D eigenvalue weighted by Gasteiger charge is 2.19. The van der Waals surface area contributed by atoms with Gasteiger partial charge in [0.1, 0.15) is 10.7 Å². The van der Waals surface area contributed by atoms with Gasteiger partial charge in [-0.05, 0) is 55.0 Å². The van der Waals surface area contributed by atoms with Crippen LogP contribution in [0.3, 0.4) is 0 Å². The lowest BCUT2D eigenvalue weighted by Gasteiger charge is -2.09. The molecule has 0 unspecified atom stereocenters. The molecular formula is C18H15ClN2OS. The second-order valence-corrected chi connectivity index (χ2v) is 7.25. The molecule has 1 N–H and O–H groups in total. The topological polar surface area (TPSA) is 45.8 Å². The first-order valence-electron chi connectivity index (χ1n) is 7.69. The van der Waals surface area contributed by atoms with E-state index in [-0.39, 0.29) is 5.56 Å². The van der Waals surface area contributed by atoms with Crippen LogP contribution in [0.1, 0.15) is 34.7 Å². The van der Waals surface area contributed by atoms with Gasteiger partial charge in [-0.15, -0.1) is 11.3 Å². The van der Waals surface area contributed by atoms with Gasteiger partial charge in [0, 0.05) is 9.90 Å². The van der Waals surface area contributed by atoms with E-state index < -0.39 is 0 Å². The Morgan fingerprint density at radius 2 is 2.09 bits per heavy atom. The summed E-state index contributed by atoms with van der Waals surface area (Å²) in [7, 11) is 0. The molecule has 0 saturated carbocycles. The molecule has 1 aromatic carbocycles. The summed E-state index contributed by atoms with van der Waals surface area (Å²) in [4.78, 5) is 22.2. The number of nitrogens with zero attached hydrogens (tertiary/aromatic N) is 1. The van der Waals surface area contributed by atoms with E-state index in [9.17, 15) is 4.79 Å². The summed E-state index contributed by atoms with van der Waals surface area (Å²) in [5.41, 5.74) is 2.17. The highest BCUT2D eigenvalue weighted by Crippen LogP contribution is 2.33. The number of aromatic amines is 1. The SMILES string of the molecule is O=c1[nH]c(/C=C/c2cccc(Cl)c2)nc2sc3c(c12)CCCC3. The summed E-state index contributed by atoms with van der Waals surface area (Å²) < 4.78 is 0. The molecule has 2 aromatic heterocycles. The van der Waals surface area contributed by atoms with Crippen LogP contribution in [0.15, 0.2) is 29.1 Å². The lowest BCUT2D eigenvalue weighted by molar-refractivity contribution is 0.700. The van der Waals surface area contributed by atoms with Gasteiger partial charge in [0.05, 0.1) is 5.39 Å². The van der Waals surface area contributed by atoms with E-state index in [1.807, 2.05) is 36.4 Å². The summed E-state index contributed by atoms with van der Waals surface area (Å²) in [5, 5.41) is 1.49. The van der Waals surface area contributed by atoms with Crippen LogP contribution >= 0.6 is 22.9 Å². The first kappa shape index (κ1) is 14.7. The maximum atomic E-state index is 12.5. The Balaban J connectivity index is 1.75. The molecule has 4 rings (SSSR count). The Bertz CT molecular complexity index is 971. The van der Waals surface area contributed by atoms with Crippen molar-refractivity contribution in [3.63, 3.8) is 0 Å². The van der Waals surface area contributed by atoms with Crippen molar-refractivity contribution in [2.45, 2.75) is 25.7 Å². The van der Waals surface area contributed by atoms with E-state index >= 15 is 0 Å². The number of halogens is 1. The molecular weight excluding hydrogens is 328 g/mol. The zero-order valence-electron chi connectivity index (χ0n) is 12.4. The molecule has 2 heterocycles. The van der Waals surface area contributed by atoms with Gasteiger partial charge in [0.25, 0.3) is 5.56 Å². The predicted octanol–water partition coefficient (Wildman–Crippen LogP) is 4.69. The normalized spacial score (nSPS) is 14.5. The van der Waals surface area contributed by atoms with Crippen LogP contribution in [-0.4, -0.2) is 9.97 Å². The number of hydrogen-bond acceptors (Lipinski definition) is 3. The van der Waals surface area contributed by atoms with E-state index in [2.05, 4.69) is 9.97 Å². The first-order valence-corrected chi connectivity index (χ1v) is 8.88. The number of aryl methyl sites for hydroxylation is 2. The van der Waals surface area contributed by atoms with E-state index in [0.717, 1.165) is 35.0 Å². The van der Waals surface area contributed by atoms with Crippen molar-refractivity contribution in [3.8, 4) is 0 Å². The van der Waals surface area contributed by atoms with E-state index in [1.165, 1.54) is 16.9 Å². The number of benzene rings is 1. The summed E-state index contributed by atoms with van der Waals surface area (Å²) >= 11 is 7.65. The Morgan fingerprint density at radius 3 is 2.96 bits per heavy atom. The highest BCUT2D eigenvalue weighted by molar-refractivity contribution is 7.18. The minimum Gasteiger partial charge on any atom is -0.306 e. The van der Waals surface area contributed by atoms with E-state index in [0.29, 0.717) is 10.8 Å². The average molecular weight is 343 g/mol. The van der Waals surface area contributed by atoms with Gasteiger partial charge in [-0.3, -0.25) is 4.79 Å². The fraction of sp³-hybridized carbons (Fsp3) is 0.222. The summed E-state index contributed by atoms with van der Waals surface area (Å²) in [6.07, 6.45) is 8.17. The second kappa shape index (κ2) is 5.95. The summed E-state index contributed by atoms with van der Waals surface area (Å²) in [5.74, 6) is 0.584. The molecule has 0 atom stereocenters. The Labute approximate surface area is 142 Å². The molecule has 3 nitrogen and oxygen atoms in total. The van der Waals surface area contributed by atoms with E-state index in [4.69, 9.17) is 11.6 Å². The standard InChI is InChI=1S/C18H15ClN2OS/c19-12-5-3-4-11(10-12)8-9-15-20-17(22)16-13-6-1-2-7-14(13)23-18(16)21-15/h3-5,8-10H,1-2,6-7H2,(H,20,21,22)/b9-8+. The van der Waals surface area contributed by atoms with Gasteiger partial charge < -0.3 is 4.98 Å². The second-order valence-electron chi connectivity index (χ2n) is 5.73. The number of thiophene rings is 1. The van der Waals surface area contributed by atoms with Crippen molar-refractivity contribution in [3.05, 3.63) is 61.5 Å². The molecule has 1 aliphatic rings. The van der Waals surface area contributed by atoms with Crippen LogP contribution in [0.4, 0.5) is 0 Å². The monoisotopic (exact) mass is 342 g/mol. The van der Waals surface area contributed by atoms with Crippen LogP contribution in [0, 0.1) is 0 Å². The van der Waals surface area contributed by atoms with Crippen LogP contribution in [0.5, 0.6) is 0 Å². The maximum absolute atomic E-state index is 12.5. The predicted molar refractivity (Wildman–Crippen MR) is 97.3 cm³/mol. The molecule has 116 valence electrons. The van der Waals surface area contributed by atoms with Crippen molar-refractivity contribution < 1.29 is 0 Å². The van der Waals surface area contributed by atoms with Gasteiger partial charge in [-0.1, -0.05) is 29.8 Å². The lowest BCUT2D eigenvalue weighted by Crippen LogP contribution is -2.11. The summed E-state index contributed by atoms with van der Waals surface area (Å²) in [6, 6.07) is 7.57. The van der Waals surface area contributed by atoms with Crippen LogP contribution in [-0.2, 0) is 12.8 Å². The Hall–Kier alpha value is -1.91. The molecule has 3 aromatic rings. The quantitative estimate of drug-likeness (QED) is 0.734. The molecule has 0 amide bonds. The van der Waals surface area contributed by atoms with E-state index in [1.54, 1.807) is 11.3 Å².